The molecule has 6 amide bonds. The minimum atomic E-state index is -5.12. The zero-order valence-corrected chi connectivity index (χ0v) is 38.6. The van der Waals surface area contributed by atoms with Crippen molar-refractivity contribution in [2.75, 3.05) is 13.7 Å². The van der Waals surface area contributed by atoms with Crippen LogP contribution in [-0.4, -0.2) is 148 Å². The van der Waals surface area contributed by atoms with Crippen molar-refractivity contribution < 1.29 is 70.8 Å². The van der Waals surface area contributed by atoms with Gasteiger partial charge in [-0.3, -0.25) is 33.3 Å². The number of piperidine rings is 1. The lowest BCUT2D eigenvalue weighted by molar-refractivity contribution is -0.168. The van der Waals surface area contributed by atoms with Gasteiger partial charge in [-0.05, 0) is 67.7 Å². The summed E-state index contributed by atoms with van der Waals surface area (Å²) < 4.78 is 41.3. The van der Waals surface area contributed by atoms with Crippen LogP contribution < -0.4 is 21.3 Å². The second kappa shape index (κ2) is 23.7. The van der Waals surface area contributed by atoms with E-state index < -0.39 is 125 Å². The normalized spacial score (nSPS) is 26.6. The molecule has 0 aliphatic carbocycles. The number of aryl methyl sites for hydroxylation is 1. The molecule has 364 valence electrons. The third-order valence-electron chi connectivity index (χ3n) is 12.1. The molecule has 8 N–H and O–H groups in total. The van der Waals surface area contributed by atoms with Crippen molar-refractivity contribution in [2.45, 2.75) is 134 Å². The van der Waals surface area contributed by atoms with Crippen LogP contribution in [0, 0.1) is 11.8 Å². The number of carbonyl (C=O) groups excluding carboxylic acids is 7. The van der Waals surface area contributed by atoms with Gasteiger partial charge in [-0.25, -0.2) is 8.98 Å². The first kappa shape index (κ1) is 52.9. The van der Waals surface area contributed by atoms with Crippen LogP contribution in [0.3, 0.4) is 0 Å². The van der Waals surface area contributed by atoms with Gasteiger partial charge < -0.3 is 51.1 Å². The van der Waals surface area contributed by atoms with E-state index in [1.54, 1.807) is 70.2 Å². The second-order valence-corrected chi connectivity index (χ2v) is 17.9. The highest BCUT2D eigenvalue weighted by molar-refractivity contribution is 7.80. The number of ether oxygens (including phenoxy) is 1. The van der Waals surface area contributed by atoms with Crippen molar-refractivity contribution in [3.05, 3.63) is 65.7 Å². The Kier molecular flexibility index (Phi) is 19.0. The number of benzene rings is 2. The first-order chi connectivity index (χ1) is 31.1. The number of aliphatic hydroxyl groups excluding tert-OH is 2. The number of cyclic esters (lactones) is 1. The van der Waals surface area contributed by atoms with Crippen LogP contribution in [0.2, 0.25) is 0 Å². The first-order valence-electron chi connectivity index (χ1n) is 21.9. The molecule has 0 aromatic heterocycles. The Morgan fingerprint density at radius 2 is 1.52 bits per heavy atom. The number of aliphatic hydroxyl groups is 2. The van der Waals surface area contributed by atoms with E-state index in [1.807, 2.05) is 0 Å². The zero-order valence-electron chi connectivity index (χ0n) is 37.8. The van der Waals surface area contributed by atoms with Crippen LogP contribution in [0.15, 0.2) is 54.6 Å². The van der Waals surface area contributed by atoms with Crippen LogP contribution in [0.1, 0.15) is 77.8 Å². The van der Waals surface area contributed by atoms with Crippen molar-refractivity contribution >= 4 is 51.8 Å². The topological polar surface area (TPSA) is 308 Å². The Morgan fingerprint density at radius 3 is 2.12 bits per heavy atom. The summed E-state index contributed by atoms with van der Waals surface area (Å²) in [5.41, 5.74) is 1.25. The Hall–Kier alpha value is -5.68. The number of nitrogens with zero attached hydrogens (tertiary/aromatic N) is 2. The van der Waals surface area contributed by atoms with Crippen molar-refractivity contribution in [3.8, 4) is 5.75 Å². The summed E-state index contributed by atoms with van der Waals surface area (Å²) in [6.45, 7) is 6.79. The molecule has 0 unspecified atom stereocenters. The molecule has 0 spiro atoms. The molecule has 2 heterocycles. The van der Waals surface area contributed by atoms with Crippen LogP contribution in [0.4, 0.5) is 0 Å². The highest BCUT2D eigenvalue weighted by Crippen LogP contribution is 2.28. The number of rotatable bonds is 14. The molecule has 2 aliphatic heterocycles. The van der Waals surface area contributed by atoms with E-state index in [2.05, 4.69) is 25.5 Å². The lowest BCUT2D eigenvalue weighted by Crippen LogP contribution is -2.66. The second-order valence-electron chi connectivity index (χ2n) is 16.8. The van der Waals surface area contributed by atoms with E-state index in [0.717, 1.165) is 4.90 Å². The average Bonchev–Trinajstić information content (AvgIpc) is 3.28. The molecule has 4 rings (SSSR count). The molecule has 2 aliphatic rings. The molecule has 2 aromatic rings. The molecule has 2 saturated heterocycles. The number of hydrogen-bond acceptors (Lipinski definition) is 14. The lowest BCUT2D eigenvalue weighted by Gasteiger charge is -2.44. The lowest BCUT2D eigenvalue weighted by atomic mass is 9.91. The first-order valence-corrected chi connectivity index (χ1v) is 23.2. The van der Waals surface area contributed by atoms with Gasteiger partial charge in [0.25, 0.3) is 5.91 Å². The number of aromatic hydroxyl groups is 1. The Balaban J connectivity index is 1.87. The SMILES string of the molecule is CC[C@@H](C)[C@H]1C(=O)N(C)[C@@H](Cc2ccccc2)C(=O)N[C@H]([C@H](C)CC)C(=O)O[C@@H](C)[C@H](NC(=O)[C@@H](O)COS(=O)(=O)O)C(=O)N[C@@H](CCc2ccc(O)cc2)C(=O)N[C@H]2CC[C@@H](O)N1C2=O. The fourth-order valence-corrected chi connectivity index (χ4v) is 8.02. The fourth-order valence-electron chi connectivity index (χ4n) is 7.72. The van der Waals surface area contributed by atoms with Gasteiger partial charge in [-0.1, -0.05) is 83.0 Å². The van der Waals surface area contributed by atoms with Crippen molar-refractivity contribution in [1.82, 2.24) is 31.1 Å². The third kappa shape index (κ3) is 14.2. The largest absolute Gasteiger partial charge is 0.508 e. The number of nitrogens with one attached hydrogen (secondary N) is 4. The predicted molar refractivity (Wildman–Crippen MR) is 235 cm³/mol. The number of fused-ring (bicyclic) bond motifs is 2. The summed E-state index contributed by atoms with van der Waals surface area (Å²) >= 11 is 0. The van der Waals surface area contributed by atoms with Gasteiger partial charge in [0.2, 0.25) is 29.5 Å². The smallest absolute Gasteiger partial charge is 0.397 e. The van der Waals surface area contributed by atoms with Gasteiger partial charge in [0, 0.05) is 13.5 Å². The Labute approximate surface area is 383 Å². The van der Waals surface area contributed by atoms with Crippen molar-refractivity contribution in [2.24, 2.45) is 11.8 Å². The molecule has 11 atom stereocenters. The summed E-state index contributed by atoms with van der Waals surface area (Å²) in [5.74, 6) is -8.11. The maximum absolute atomic E-state index is 14.9. The van der Waals surface area contributed by atoms with E-state index in [4.69, 9.17) is 9.29 Å². The quantitative estimate of drug-likeness (QED) is 0.0903. The average molecular weight is 947 g/mol. The molecular weight excluding hydrogens is 885 g/mol. The van der Waals surface area contributed by atoms with Crippen LogP contribution in [0.5, 0.6) is 5.75 Å². The zero-order chi connectivity index (χ0) is 49.0. The number of carbonyl (C=O) groups is 7. The van der Waals surface area contributed by atoms with Crippen LogP contribution >= 0.6 is 0 Å². The van der Waals surface area contributed by atoms with Crippen molar-refractivity contribution in [1.29, 1.82) is 0 Å². The summed E-state index contributed by atoms with van der Waals surface area (Å²) in [6.07, 6.45) is -5.04. The van der Waals surface area contributed by atoms with Crippen LogP contribution in [-0.2, 0) is 65.7 Å². The summed E-state index contributed by atoms with van der Waals surface area (Å²) in [6, 6.07) is 5.85. The summed E-state index contributed by atoms with van der Waals surface area (Å²) in [5, 5.41) is 41.8. The number of esters is 1. The maximum atomic E-state index is 14.9. The van der Waals surface area contributed by atoms with Gasteiger partial charge >= 0.3 is 16.4 Å². The number of likely N-dealkylation sites (N-methyl/N-ethyl adjacent to an activating group) is 1. The molecule has 2 fully saturated rings. The van der Waals surface area contributed by atoms with Crippen molar-refractivity contribution in [3.63, 3.8) is 0 Å². The van der Waals surface area contributed by atoms with Gasteiger partial charge in [0.1, 0.15) is 60.9 Å². The van der Waals surface area contributed by atoms with E-state index in [0.29, 0.717) is 24.0 Å². The monoisotopic (exact) mass is 946 g/mol. The van der Waals surface area contributed by atoms with E-state index >= 15 is 0 Å². The van der Waals surface area contributed by atoms with E-state index in [1.165, 1.54) is 31.0 Å². The molecule has 66 heavy (non-hydrogen) atoms. The number of phenolic OH excluding ortho intramolecular Hbond substituents is 1. The van der Waals surface area contributed by atoms with Gasteiger partial charge in [-0.15, -0.1) is 0 Å². The molecular formula is C44H62N6O15S. The minimum Gasteiger partial charge on any atom is -0.508 e. The predicted octanol–water partition coefficient (Wildman–Crippen LogP) is -0.139. The summed E-state index contributed by atoms with van der Waals surface area (Å²) in [4.78, 5) is 102. The maximum Gasteiger partial charge on any atom is 0.397 e. The summed E-state index contributed by atoms with van der Waals surface area (Å²) in [7, 11) is -3.74. The number of amides is 6. The standard InChI is InChI=1S/C44H62N6O15S/c1-7-24(3)35-44(60)65-26(5)36(48-40(56)33(52)23-64-66(61,62)63)41(57)45-30(19-16-27-14-17-29(51)18-15-27)38(54)46-31-20-21-34(53)50(42(31)58)37(25(4)8-2)43(59)49(6)32(39(55)47-35)22-28-12-10-9-11-13-28/h9-15,17-18,24-26,30-37,51-53H,7-8,16,19-23H2,1-6H3,(H,45,57)(H,46,54)(H,47,55)(H,48,56)(H,61,62,63)/t24-,25-,26+,30+,31+,32+,33+,34-,35-,36+,37+/m1/s1. The van der Waals surface area contributed by atoms with Crippen LogP contribution in [0.25, 0.3) is 0 Å². The van der Waals surface area contributed by atoms with Gasteiger partial charge in [0.15, 0.2) is 6.10 Å². The third-order valence-corrected chi connectivity index (χ3v) is 12.5. The van der Waals surface area contributed by atoms with E-state index in [9.17, 15) is 57.3 Å². The highest BCUT2D eigenvalue weighted by atomic mass is 32.3. The molecule has 21 nitrogen and oxygen atoms in total. The Morgan fingerprint density at radius 1 is 0.879 bits per heavy atom. The Bertz CT molecular complexity index is 2150. The minimum absolute atomic E-state index is 0.0345. The fraction of sp³-hybridized carbons (Fsp3) is 0.568. The molecule has 22 heteroatoms. The van der Waals surface area contributed by atoms with Gasteiger partial charge in [-0.2, -0.15) is 8.42 Å². The molecule has 0 radical (unpaired) electrons. The molecule has 2 aromatic carbocycles. The molecule has 2 bridgehead atoms. The number of hydrogen-bond donors (Lipinski definition) is 8. The van der Waals surface area contributed by atoms with Gasteiger partial charge in [0.05, 0.1) is 0 Å². The highest BCUT2D eigenvalue weighted by Gasteiger charge is 2.47. The molecule has 0 saturated carbocycles. The number of phenols is 1. The van der Waals surface area contributed by atoms with E-state index in [-0.39, 0.29) is 37.9 Å².